The van der Waals surface area contributed by atoms with Gasteiger partial charge in [0.15, 0.2) is 0 Å². The van der Waals surface area contributed by atoms with Crippen molar-refractivity contribution in [2.24, 2.45) is 11.8 Å². The van der Waals surface area contributed by atoms with Gasteiger partial charge in [-0.2, -0.15) is 0 Å². The first kappa shape index (κ1) is 31.3. The number of aliphatic hydroxyl groups excluding tert-OH is 1. The summed E-state index contributed by atoms with van der Waals surface area (Å²) in [6.07, 6.45) is 10.0. The lowest BCUT2D eigenvalue weighted by Crippen LogP contribution is -2.58. The molecule has 0 aromatic carbocycles. The summed E-state index contributed by atoms with van der Waals surface area (Å²) in [7, 11) is 0. The number of carbonyl (C=O) groups excluding carboxylic acids is 3. The largest absolute Gasteiger partial charge is 0.396 e. The number of amides is 3. The fraction of sp³-hybridized carbons (Fsp3) is 0.774. The van der Waals surface area contributed by atoms with Crippen molar-refractivity contribution < 1.29 is 24.2 Å². The Bertz CT molecular complexity index is 909. The SMILES string of the molecule is C=CCN(CCC)C(=O)[C@@H]1[C@H]2C(=O)N(CCCCCO)C(C(=O)N(CC=C)C(C)CCC)C23CC[C@@]1(CC)O3. The Hall–Kier alpha value is -2.19. The Balaban J connectivity index is 2.09. The zero-order valence-electron chi connectivity index (χ0n) is 24.7. The molecule has 3 saturated heterocycles. The minimum Gasteiger partial charge on any atom is -0.396 e. The predicted molar refractivity (Wildman–Crippen MR) is 153 cm³/mol. The zero-order chi connectivity index (χ0) is 28.8. The van der Waals surface area contributed by atoms with Gasteiger partial charge in [-0.1, -0.05) is 39.3 Å². The van der Waals surface area contributed by atoms with Crippen LogP contribution in [0.5, 0.6) is 0 Å². The number of hydrogen-bond donors (Lipinski definition) is 1. The number of hydrogen-bond acceptors (Lipinski definition) is 5. The molecule has 1 N–H and O–H groups in total. The zero-order valence-corrected chi connectivity index (χ0v) is 24.7. The quantitative estimate of drug-likeness (QED) is 0.221. The Labute approximate surface area is 235 Å². The maximum Gasteiger partial charge on any atom is 0.248 e. The molecule has 3 amide bonds. The van der Waals surface area contributed by atoms with Crippen molar-refractivity contribution in [2.75, 3.05) is 32.8 Å². The van der Waals surface area contributed by atoms with E-state index in [1.807, 2.05) is 25.7 Å². The summed E-state index contributed by atoms with van der Waals surface area (Å²) >= 11 is 0. The fourth-order valence-corrected chi connectivity index (χ4v) is 7.45. The molecule has 220 valence electrons. The van der Waals surface area contributed by atoms with Crippen LogP contribution in [0.25, 0.3) is 0 Å². The van der Waals surface area contributed by atoms with Crippen LogP contribution >= 0.6 is 0 Å². The molecule has 3 unspecified atom stereocenters. The number of unbranched alkanes of at least 4 members (excludes halogenated alkanes) is 2. The van der Waals surface area contributed by atoms with Gasteiger partial charge in [-0.3, -0.25) is 14.4 Å². The average molecular weight is 546 g/mol. The number of rotatable bonds is 17. The third-order valence-corrected chi connectivity index (χ3v) is 9.24. The molecule has 39 heavy (non-hydrogen) atoms. The van der Waals surface area contributed by atoms with E-state index in [4.69, 9.17) is 4.74 Å². The number of ether oxygens (including phenoxy) is 1. The molecule has 8 heteroatoms. The summed E-state index contributed by atoms with van der Waals surface area (Å²) in [6.45, 7) is 17.9. The van der Waals surface area contributed by atoms with Crippen LogP contribution in [0.2, 0.25) is 0 Å². The van der Waals surface area contributed by atoms with Crippen LogP contribution in [-0.4, -0.2) is 93.6 Å². The van der Waals surface area contributed by atoms with Gasteiger partial charge in [-0.15, -0.1) is 13.2 Å². The Morgan fingerprint density at radius 2 is 1.82 bits per heavy atom. The standard InChI is InChI=1S/C31H51N3O5/c1-7-15-23(6)33(20-10-4)29(38)26-31-17-16-30(11-5,39-31)24(27(36)32(18-8-2)19-9-3)25(31)28(37)34(26)21-13-12-14-22-35/h8,10,23-26,35H,2,4,7,9,11-22H2,1,3,5-6H3/t23?,24-,25-,26?,30+,31?/m0/s1. The molecule has 1 spiro atoms. The highest BCUT2D eigenvalue weighted by Crippen LogP contribution is 2.64. The van der Waals surface area contributed by atoms with E-state index in [1.54, 1.807) is 22.0 Å². The topological polar surface area (TPSA) is 90.4 Å². The number of fused-ring (bicyclic) bond motifs is 1. The van der Waals surface area contributed by atoms with Gasteiger partial charge in [0.05, 0.1) is 17.4 Å². The normalized spacial score (nSPS) is 29.8. The molecule has 8 nitrogen and oxygen atoms in total. The first-order chi connectivity index (χ1) is 18.7. The van der Waals surface area contributed by atoms with E-state index < -0.39 is 29.1 Å². The van der Waals surface area contributed by atoms with E-state index in [0.29, 0.717) is 58.3 Å². The van der Waals surface area contributed by atoms with Crippen LogP contribution < -0.4 is 0 Å². The number of aliphatic hydroxyl groups is 1. The summed E-state index contributed by atoms with van der Waals surface area (Å²) in [6, 6.07) is -0.778. The lowest BCUT2D eigenvalue weighted by molar-refractivity contribution is -0.156. The molecule has 3 fully saturated rings. The number of nitrogens with zero attached hydrogens (tertiary/aromatic N) is 3. The molecular formula is C31H51N3O5. The van der Waals surface area contributed by atoms with Crippen molar-refractivity contribution >= 4 is 17.7 Å². The summed E-state index contributed by atoms with van der Waals surface area (Å²) in [5.41, 5.74) is -1.76. The molecule has 6 atom stereocenters. The summed E-state index contributed by atoms with van der Waals surface area (Å²) in [5, 5.41) is 9.28. The Morgan fingerprint density at radius 1 is 1.10 bits per heavy atom. The lowest BCUT2D eigenvalue weighted by atomic mass is 9.64. The van der Waals surface area contributed by atoms with Crippen molar-refractivity contribution in [2.45, 2.75) is 109 Å². The third-order valence-electron chi connectivity index (χ3n) is 9.24. The Kier molecular flexibility index (Phi) is 10.8. The van der Waals surface area contributed by atoms with Gasteiger partial charge >= 0.3 is 0 Å². The van der Waals surface area contributed by atoms with Gasteiger partial charge in [0.2, 0.25) is 17.7 Å². The van der Waals surface area contributed by atoms with Crippen molar-refractivity contribution in [1.82, 2.24) is 14.7 Å². The van der Waals surface area contributed by atoms with Crippen LogP contribution in [0.3, 0.4) is 0 Å². The van der Waals surface area contributed by atoms with Crippen LogP contribution in [0.4, 0.5) is 0 Å². The third kappa shape index (κ3) is 5.56. The fourth-order valence-electron chi connectivity index (χ4n) is 7.45. The number of carbonyl (C=O) groups is 3. The monoisotopic (exact) mass is 545 g/mol. The van der Waals surface area contributed by atoms with Gasteiger partial charge in [-0.05, 0) is 58.3 Å². The summed E-state index contributed by atoms with van der Waals surface area (Å²) < 4.78 is 6.94. The highest BCUT2D eigenvalue weighted by Gasteiger charge is 2.79. The van der Waals surface area contributed by atoms with E-state index in [0.717, 1.165) is 25.7 Å². The van der Waals surface area contributed by atoms with E-state index in [-0.39, 0.29) is 30.4 Å². The molecule has 0 aromatic rings. The second-order valence-corrected chi connectivity index (χ2v) is 11.6. The summed E-state index contributed by atoms with van der Waals surface area (Å²) in [4.78, 5) is 48.4. The second kappa shape index (κ2) is 13.4. The smallest absolute Gasteiger partial charge is 0.248 e. The number of likely N-dealkylation sites (tertiary alicyclic amines) is 1. The maximum atomic E-state index is 14.5. The van der Waals surface area contributed by atoms with Gasteiger partial charge < -0.3 is 24.5 Å². The van der Waals surface area contributed by atoms with Gasteiger partial charge in [-0.25, -0.2) is 0 Å². The Morgan fingerprint density at radius 3 is 2.41 bits per heavy atom. The van der Waals surface area contributed by atoms with Crippen LogP contribution in [0.15, 0.2) is 25.3 Å². The molecule has 3 aliphatic rings. The van der Waals surface area contributed by atoms with Crippen molar-refractivity contribution in [3.63, 3.8) is 0 Å². The molecule has 3 rings (SSSR count). The predicted octanol–water partition coefficient (Wildman–Crippen LogP) is 3.93. The summed E-state index contributed by atoms with van der Waals surface area (Å²) in [5.74, 6) is -1.60. The molecule has 3 aliphatic heterocycles. The van der Waals surface area contributed by atoms with E-state index in [9.17, 15) is 19.5 Å². The van der Waals surface area contributed by atoms with Crippen molar-refractivity contribution in [1.29, 1.82) is 0 Å². The van der Waals surface area contributed by atoms with Gasteiger partial charge in [0, 0.05) is 38.8 Å². The molecule has 2 bridgehead atoms. The van der Waals surface area contributed by atoms with Crippen LogP contribution in [-0.2, 0) is 19.1 Å². The first-order valence-electron chi connectivity index (χ1n) is 15.2. The minimum atomic E-state index is -1.01. The molecule has 3 heterocycles. The average Bonchev–Trinajstić information content (AvgIpc) is 3.52. The van der Waals surface area contributed by atoms with Gasteiger partial charge in [0.25, 0.3) is 0 Å². The molecule has 0 radical (unpaired) electrons. The maximum absolute atomic E-state index is 14.5. The van der Waals surface area contributed by atoms with E-state index in [1.165, 1.54) is 0 Å². The molecular weight excluding hydrogens is 494 g/mol. The van der Waals surface area contributed by atoms with Crippen molar-refractivity contribution in [3.8, 4) is 0 Å². The van der Waals surface area contributed by atoms with E-state index >= 15 is 0 Å². The first-order valence-corrected chi connectivity index (χ1v) is 15.2. The molecule has 0 saturated carbocycles. The second-order valence-electron chi connectivity index (χ2n) is 11.6. The highest BCUT2D eigenvalue weighted by atomic mass is 16.5. The molecule has 0 aliphatic carbocycles. The van der Waals surface area contributed by atoms with Crippen LogP contribution in [0.1, 0.15) is 85.5 Å². The lowest BCUT2D eigenvalue weighted by Gasteiger charge is -2.39. The van der Waals surface area contributed by atoms with Crippen molar-refractivity contribution in [3.05, 3.63) is 25.3 Å². The molecule has 0 aromatic heterocycles. The van der Waals surface area contributed by atoms with Gasteiger partial charge in [0.1, 0.15) is 11.6 Å². The minimum absolute atomic E-state index is 0.00825. The van der Waals surface area contributed by atoms with Crippen LogP contribution in [0, 0.1) is 11.8 Å². The highest BCUT2D eigenvalue weighted by molar-refractivity contribution is 5.99. The van der Waals surface area contributed by atoms with E-state index in [2.05, 4.69) is 20.1 Å².